The molecule has 1 N–H and O–H groups in total. The minimum Gasteiger partial charge on any atom is -0.466 e. The number of ether oxygens (including phenoxy) is 2. The molecule has 150 valence electrons. The summed E-state index contributed by atoms with van der Waals surface area (Å²) < 4.78 is 9.92. The molecule has 29 heavy (non-hydrogen) atoms. The van der Waals surface area contributed by atoms with Crippen molar-refractivity contribution in [3.63, 3.8) is 0 Å². The van der Waals surface area contributed by atoms with Crippen LogP contribution in [0, 0.1) is 0 Å². The average Bonchev–Trinajstić information content (AvgIpc) is 2.73. The second-order valence-corrected chi connectivity index (χ2v) is 7.09. The molecule has 1 aliphatic rings. The summed E-state index contributed by atoms with van der Waals surface area (Å²) in [6, 6.07) is 13.3. The molecule has 0 aromatic heterocycles. The molecule has 1 atom stereocenters. The van der Waals surface area contributed by atoms with Gasteiger partial charge in [0.2, 0.25) is 0 Å². The Bertz CT molecular complexity index is 1000. The van der Waals surface area contributed by atoms with Crippen LogP contribution in [0.15, 0.2) is 59.8 Å². The lowest BCUT2D eigenvalue weighted by molar-refractivity contribution is -0.136. The third-order valence-electron chi connectivity index (χ3n) is 4.65. The summed E-state index contributed by atoms with van der Waals surface area (Å²) in [6.45, 7) is 1.78. The lowest BCUT2D eigenvalue weighted by Gasteiger charge is -2.37. The largest absolute Gasteiger partial charge is 0.466 e. The molecule has 0 spiro atoms. The Balaban J connectivity index is 2.18. The fourth-order valence-electron chi connectivity index (χ4n) is 3.30. The van der Waals surface area contributed by atoms with E-state index in [1.807, 2.05) is 0 Å². The van der Waals surface area contributed by atoms with Gasteiger partial charge in [0.15, 0.2) is 5.11 Å². The van der Waals surface area contributed by atoms with E-state index in [9.17, 15) is 9.59 Å². The van der Waals surface area contributed by atoms with Crippen LogP contribution in [0.1, 0.15) is 28.9 Å². The Hall–Kier alpha value is -2.90. The molecule has 6 nitrogen and oxygen atoms in total. The molecule has 0 saturated carbocycles. The highest BCUT2D eigenvalue weighted by Crippen LogP contribution is 2.35. The molecule has 0 amide bonds. The number of thiocarbonyl (C=S) groups is 1. The highest BCUT2D eigenvalue weighted by molar-refractivity contribution is 7.80. The minimum absolute atomic E-state index is 0.337. The van der Waals surface area contributed by atoms with Crippen molar-refractivity contribution in [2.24, 2.45) is 0 Å². The lowest BCUT2D eigenvalue weighted by atomic mass is 9.91. The normalized spacial score (nSPS) is 16.3. The molecular weight excluding hydrogens is 412 g/mol. The van der Waals surface area contributed by atoms with Gasteiger partial charge in [0, 0.05) is 16.4 Å². The summed E-state index contributed by atoms with van der Waals surface area (Å²) >= 11 is 11.6. The first-order chi connectivity index (χ1) is 13.9. The van der Waals surface area contributed by atoms with Crippen molar-refractivity contribution in [3.8, 4) is 0 Å². The SMILES string of the molecule is COC(=O)C1=C(C)N(c2ccc(Cl)cc2)C(=S)NC1c1ccccc1C(=O)OC. The van der Waals surface area contributed by atoms with Gasteiger partial charge in [-0.3, -0.25) is 4.90 Å². The van der Waals surface area contributed by atoms with Crippen LogP contribution < -0.4 is 10.2 Å². The summed E-state index contributed by atoms with van der Waals surface area (Å²) in [6.07, 6.45) is 0. The number of nitrogens with one attached hydrogen (secondary N) is 1. The van der Waals surface area contributed by atoms with E-state index in [1.165, 1.54) is 14.2 Å². The van der Waals surface area contributed by atoms with Crippen molar-refractivity contribution >= 4 is 46.6 Å². The summed E-state index contributed by atoms with van der Waals surface area (Å²) in [5.74, 6) is -1.03. The Kier molecular flexibility index (Phi) is 6.20. The fourth-order valence-corrected chi connectivity index (χ4v) is 3.78. The van der Waals surface area contributed by atoms with Gasteiger partial charge in [0.25, 0.3) is 0 Å². The molecule has 1 aliphatic heterocycles. The Morgan fingerprint density at radius 1 is 1.03 bits per heavy atom. The topological polar surface area (TPSA) is 67.9 Å². The van der Waals surface area contributed by atoms with E-state index in [-0.39, 0.29) is 0 Å². The molecule has 0 bridgehead atoms. The number of rotatable bonds is 4. The fraction of sp³-hybridized carbons (Fsp3) is 0.190. The quantitative estimate of drug-likeness (QED) is 0.580. The number of hydrogen-bond acceptors (Lipinski definition) is 5. The second-order valence-electron chi connectivity index (χ2n) is 6.26. The maximum absolute atomic E-state index is 12.7. The molecule has 2 aromatic rings. The second kappa shape index (κ2) is 8.63. The number of nitrogens with zero attached hydrogens (tertiary/aromatic N) is 1. The standard InChI is InChI=1S/C21H19ClN2O4S/c1-12-17(20(26)28-3)18(15-6-4-5-7-16(15)19(25)27-2)23-21(29)24(12)14-10-8-13(22)9-11-14/h4-11,18H,1-3H3,(H,23,29). The number of allylic oxidation sites excluding steroid dienone is 1. The highest BCUT2D eigenvalue weighted by atomic mass is 35.5. The molecule has 8 heteroatoms. The molecular formula is C21H19ClN2O4S. The zero-order valence-electron chi connectivity index (χ0n) is 16.1. The van der Waals surface area contributed by atoms with Crippen LogP contribution >= 0.6 is 23.8 Å². The number of carbonyl (C=O) groups excluding carboxylic acids is 2. The smallest absolute Gasteiger partial charge is 0.338 e. The van der Waals surface area contributed by atoms with Crippen LogP contribution in [0.4, 0.5) is 5.69 Å². The average molecular weight is 431 g/mol. The summed E-state index contributed by atoms with van der Waals surface area (Å²) in [5, 5.41) is 4.13. The molecule has 0 aliphatic carbocycles. The molecule has 3 rings (SSSR count). The van der Waals surface area contributed by atoms with E-state index in [0.29, 0.717) is 32.5 Å². The monoisotopic (exact) mass is 430 g/mol. The Labute approximate surface area is 179 Å². The van der Waals surface area contributed by atoms with Crippen molar-refractivity contribution in [1.29, 1.82) is 0 Å². The van der Waals surface area contributed by atoms with Crippen molar-refractivity contribution in [1.82, 2.24) is 5.32 Å². The van der Waals surface area contributed by atoms with E-state index in [0.717, 1.165) is 5.69 Å². The van der Waals surface area contributed by atoms with E-state index < -0.39 is 18.0 Å². The Morgan fingerprint density at radius 3 is 2.28 bits per heavy atom. The molecule has 0 fully saturated rings. The summed E-state index contributed by atoms with van der Waals surface area (Å²) in [7, 11) is 2.62. The maximum atomic E-state index is 12.7. The van der Waals surface area contributed by atoms with Crippen molar-refractivity contribution in [2.75, 3.05) is 19.1 Å². The van der Waals surface area contributed by atoms with Gasteiger partial charge in [0.05, 0.1) is 31.4 Å². The number of esters is 2. The highest BCUT2D eigenvalue weighted by Gasteiger charge is 2.36. The van der Waals surface area contributed by atoms with Crippen LogP contribution in [0.2, 0.25) is 5.02 Å². The number of carbonyl (C=O) groups is 2. The zero-order valence-corrected chi connectivity index (χ0v) is 17.6. The van der Waals surface area contributed by atoms with E-state index in [2.05, 4.69) is 5.32 Å². The minimum atomic E-state index is -0.672. The van der Waals surface area contributed by atoms with Gasteiger partial charge in [-0.05, 0) is 55.0 Å². The summed E-state index contributed by atoms with van der Waals surface area (Å²) in [4.78, 5) is 26.7. The number of halogens is 1. The van der Waals surface area contributed by atoms with Crippen LogP contribution in [-0.2, 0) is 14.3 Å². The van der Waals surface area contributed by atoms with Crippen molar-refractivity contribution in [2.45, 2.75) is 13.0 Å². The number of hydrogen-bond donors (Lipinski definition) is 1. The van der Waals surface area contributed by atoms with Gasteiger partial charge in [-0.15, -0.1) is 0 Å². The predicted octanol–water partition coefficient (Wildman–Crippen LogP) is 4.01. The molecule has 0 saturated heterocycles. The molecule has 2 aromatic carbocycles. The first-order valence-electron chi connectivity index (χ1n) is 8.71. The number of methoxy groups -OCH3 is 2. The van der Waals surface area contributed by atoms with Gasteiger partial charge in [-0.1, -0.05) is 29.8 Å². The van der Waals surface area contributed by atoms with Gasteiger partial charge in [-0.2, -0.15) is 0 Å². The van der Waals surface area contributed by atoms with Gasteiger partial charge >= 0.3 is 11.9 Å². The van der Waals surface area contributed by atoms with Crippen molar-refractivity contribution < 1.29 is 19.1 Å². The van der Waals surface area contributed by atoms with Gasteiger partial charge in [-0.25, -0.2) is 9.59 Å². The number of anilines is 1. The van der Waals surface area contributed by atoms with Crippen LogP contribution in [-0.4, -0.2) is 31.3 Å². The molecule has 0 radical (unpaired) electrons. The number of benzene rings is 2. The maximum Gasteiger partial charge on any atom is 0.338 e. The third-order valence-corrected chi connectivity index (χ3v) is 5.20. The first kappa shape index (κ1) is 20.8. The van der Waals surface area contributed by atoms with Crippen LogP contribution in [0.25, 0.3) is 0 Å². The van der Waals surface area contributed by atoms with Gasteiger partial charge in [0.1, 0.15) is 0 Å². The Morgan fingerprint density at radius 2 is 1.66 bits per heavy atom. The lowest BCUT2D eigenvalue weighted by Crippen LogP contribution is -2.48. The summed E-state index contributed by atoms with van der Waals surface area (Å²) in [5.41, 5.74) is 2.58. The van der Waals surface area contributed by atoms with Crippen LogP contribution in [0.5, 0.6) is 0 Å². The van der Waals surface area contributed by atoms with Crippen LogP contribution in [0.3, 0.4) is 0 Å². The molecule has 1 heterocycles. The zero-order chi connectivity index (χ0) is 21.1. The molecule has 1 unspecified atom stereocenters. The predicted molar refractivity (Wildman–Crippen MR) is 115 cm³/mol. The van der Waals surface area contributed by atoms with E-state index >= 15 is 0 Å². The first-order valence-corrected chi connectivity index (χ1v) is 9.50. The van der Waals surface area contributed by atoms with Crippen molar-refractivity contribution in [3.05, 3.63) is 76.0 Å². The van der Waals surface area contributed by atoms with E-state index in [1.54, 1.807) is 60.4 Å². The van der Waals surface area contributed by atoms with Gasteiger partial charge < -0.3 is 14.8 Å². The van der Waals surface area contributed by atoms with E-state index in [4.69, 9.17) is 33.3 Å². The third kappa shape index (κ3) is 3.97.